The van der Waals surface area contributed by atoms with E-state index < -0.39 is 0 Å². The first-order valence-corrected chi connectivity index (χ1v) is 6.27. The van der Waals surface area contributed by atoms with Crippen LogP contribution >= 0.6 is 11.5 Å². The summed E-state index contributed by atoms with van der Waals surface area (Å²) in [4.78, 5) is 6.60. The number of hydrogen-bond donors (Lipinski definition) is 1. The van der Waals surface area contributed by atoms with Crippen molar-refractivity contribution in [1.82, 2.24) is 9.36 Å². The molecule has 4 nitrogen and oxygen atoms in total. The van der Waals surface area contributed by atoms with Gasteiger partial charge in [0.05, 0.1) is 0 Å². The second kappa shape index (κ2) is 5.90. The van der Waals surface area contributed by atoms with E-state index in [2.05, 4.69) is 47.3 Å². The van der Waals surface area contributed by atoms with Crippen molar-refractivity contribution in [2.75, 3.05) is 29.9 Å². The van der Waals surface area contributed by atoms with Crippen LogP contribution in [0.4, 0.5) is 11.1 Å². The van der Waals surface area contributed by atoms with Crippen LogP contribution in [0, 0.1) is 5.92 Å². The van der Waals surface area contributed by atoms with Crippen molar-refractivity contribution in [2.45, 2.75) is 27.7 Å². The minimum atomic E-state index is 0.630. The smallest absolute Gasteiger partial charge is 0.239 e. The van der Waals surface area contributed by atoms with Crippen molar-refractivity contribution in [3.63, 3.8) is 0 Å². The van der Waals surface area contributed by atoms with Crippen LogP contribution in [0.5, 0.6) is 0 Å². The zero-order valence-electron chi connectivity index (χ0n) is 9.95. The number of hydrogen-bond acceptors (Lipinski definition) is 5. The number of nitrogens with zero attached hydrogens (tertiary/aromatic N) is 3. The fourth-order valence-electron chi connectivity index (χ4n) is 1.21. The Balaban J connectivity index is 2.55. The van der Waals surface area contributed by atoms with Crippen LogP contribution in [0.2, 0.25) is 0 Å². The molecule has 1 rings (SSSR count). The number of anilines is 2. The molecule has 0 spiro atoms. The molecule has 1 aromatic rings. The quantitative estimate of drug-likeness (QED) is 0.812. The van der Waals surface area contributed by atoms with Crippen molar-refractivity contribution >= 4 is 22.6 Å². The lowest BCUT2D eigenvalue weighted by Gasteiger charge is -2.15. The highest BCUT2D eigenvalue weighted by Crippen LogP contribution is 2.17. The molecule has 0 aliphatic rings. The Morgan fingerprint density at radius 2 is 2.00 bits per heavy atom. The van der Waals surface area contributed by atoms with Crippen molar-refractivity contribution in [2.24, 2.45) is 5.92 Å². The fourth-order valence-corrected chi connectivity index (χ4v) is 1.81. The maximum Gasteiger partial charge on any atom is 0.239 e. The predicted octanol–water partition coefficient (Wildman–Crippen LogP) is 2.45. The SMILES string of the molecule is CCN(CC)c1nsc(NCC(C)C)n1. The molecule has 1 aromatic heterocycles. The maximum absolute atomic E-state index is 4.45. The van der Waals surface area contributed by atoms with Gasteiger partial charge in [0.2, 0.25) is 11.1 Å². The van der Waals surface area contributed by atoms with Gasteiger partial charge in [-0.2, -0.15) is 9.36 Å². The number of nitrogens with one attached hydrogen (secondary N) is 1. The molecule has 0 amide bonds. The number of aromatic nitrogens is 2. The monoisotopic (exact) mass is 228 g/mol. The van der Waals surface area contributed by atoms with Gasteiger partial charge in [-0.25, -0.2) is 0 Å². The largest absolute Gasteiger partial charge is 0.360 e. The molecule has 15 heavy (non-hydrogen) atoms. The third-order valence-corrected chi connectivity index (χ3v) is 2.79. The van der Waals surface area contributed by atoms with E-state index in [0.717, 1.165) is 30.7 Å². The van der Waals surface area contributed by atoms with E-state index in [-0.39, 0.29) is 0 Å². The van der Waals surface area contributed by atoms with Crippen LogP contribution in [0.1, 0.15) is 27.7 Å². The molecule has 0 radical (unpaired) electrons. The zero-order chi connectivity index (χ0) is 11.3. The maximum atomic E-state index is 4.45. The van der Waals surface area contributed by atoms with Gasteiger partial charge in [-0.1, -0.05) is 13.8 Å². The molecular weight excluding hydrogens is 208 g/mol. The molecule has 1 heterocycles. The second-order valence-corrected chi connectivity index (χ2v) is 4.60. The van der Waals surface area contributed by atoms with Gasteiger partial charge in [0, 0.05) is 31.2 Å². The third kappa shape index (κ3) is 3.66. The summed E-state index contributed by atoms with van der Waals surface area (Å²) in [6, 6.07) is 0. The van der Waals surface area contributed by atoms with Crippen molar-refractivity contribution in [1.29, 1.82) is 0 Å². The molecule has 0 fully saturated rings. The van der Waals surface area contributed by atoms with Crippen molar-refractivity contribution in [3.05, 3.63) is 0 Å². The minimum absolute atomic E-state index is 0.630. The lowest BCUT2D eigenvalue weighted by Crippen LogP contribution is -2.23. The van der Waals surface area contributed by atoms with Gasteiger partial charge in [0.15, 0.2) is 0 Å². The summed E-state index contributed by atoms with van der Waals surface area (Å²) < 4.78 is 4.33. The van der Waals surface area contributed by atoms with Crippen molar-refractivity contribution in [3.8, 4) is 0 Å². The molecule has 0 saturated carbocycles. The Labute approximate surface area is 95.9 Å². The Kier molecular flexibility index (Phi) is 4.81. The first-order chi connectivity index (χ1) is 7.17. The van der Waals surface area contributed by atoms with Crippen LogP contribution in [0.3, 0.4) is 0 Å². The highest BCUT2D eigenvalue weighted by molar-refractivity contribution is 7.09. The highest BCUT2D eigenvalue weighted by Gasteiger charge is 2.08. The molecular formula is C10H20N4S. The molecule has 1 N–H and O–H groups in total. The predicted molar refractivity (Wildman–Crippen MR) is 66.8 cm³/mol. The third-order valence-electron chi connectivity index (χ3n) is 2.12. The van der Waals surface area contributed by atoms with Gasteiger partial charge in [0.1, 0.15) is 0 Å². The number of rotatable bonds is 6. The van der Waals surface area contributed by atoms with Gasteiger partial charge in [0.25, 0.3) is 0 Å². The van der Waals surface area contributed by atoms with Crippen LogP contribution in [0.15, 0.2) is 0 Å². The molecule has 0 aromatic carbocycles. The van der Waals surface area contributed by atoms with Gasteiger partial charge in [-0.15, -0.1) is 0 Å². The minimum Gasteiger partial charge on any atom is -0.360 e. The molecule has 86 valence electrons. The molecule has 0 aliphatic heterocycles. The van der Waals surface area contributed by atoms with Gasteiger partial charge in [-0.3, -0.25) is 0 Å². The first-order valence-electron chi connectivity index (χ1n) is 5.49. The average molecular weight is 228 g/mol. The standard InChI is InChI=1S/C10H20N4S/c1-5-14(6-2)9-12-10(15-13-9)11-7-8(3)4/h8H,5-7H2,1-4H3,(H,11,12,13). The van der Waals surface area contributed by atoms with Gasteiger partial charge >= 0.3 is 0 Å². The molecule has 0 atom stereocenters. The Bertz CT molecular complexity index is 281. The normalized spacial score (nSPS) is 10.7. The van der Waals surface area contributed by atoms with E-state index in [4.69, 9.17) is 0 Å². The lowest BCUT2D eigenvalue weighted by molar-refractivity contribution is 0.688. The van der Waals surface area contributed by atoms with Crippen molar-refractivity contribution < 1.29 is 0 Å². The molecule has 0 saturated heterocycles. The van der Waals surface area contributed by atoms with Crippen LogP contribution in [-0.4, -0.2) is 29.0 Å². The Morgan fingerprint density at radius 3 is 2.53 bits per heavy atom. The molecule has 0 aliphatic carbocycles. The van der Waals surface area contributed by atoms with Crippen LogP contribution in [0.25, 0.3) is 0 Å². The summed E-state index contributed by atoms with van der Waals surface area (Å²) in [5.41, 5.74) is 0. The van der Waals surface area contributed by atoms with E-state index in [1.807, 2.05) is 0 Å². The average Bonchev–Trinajstić information content (AvgIpc) is 2.65. The Morgan fingerprint density at radius 1 is 1.33 bits per heavy atom. The zero-order valence-corrected chi connectivity index (χ0v) is 10.8. The topological polar surface area (TPSA) is 41.1 Å². The highest BCUT2D eigenvalue weighted by atomic mass is 32.1. The Hall–Kier alpha value is -0.840. The second-order valence-electron chi connectivity index (χ2n) is 3.85. The first kappa shape index (κ1) is 12.2. The van der Waals surface area contributed by atoms with Crippen LogP contribution < -0.4 is 10.2 Å². The van der Waals surface area contributed by atoms with E-state index in [0.29, 0.717) is 5.92 Å². The van der Waals surface area contributed by atoms with E-state index in [9.17, 15) is 0 Å². The van der Waals surface area contributed by atoms with Gasteiger partial charge < -0.3 is 10.2 Å². The summed E-state index contributed by atoms with van der Waals surface area (Å²) in [6.45, 7) is 11.5. The van der Waals surface area contributed by atoms with E-state index in [1.54, 1.807) is 0 Å². The van der Waals surface area contributed by atoms with E-state index >= 15 is 0 Å². The van der Waals surface area contributed by atoms with E-state index in [1.165, 1.54) is 11.5 Å². The summed E-state index contributed by atoms with van der Waals surface area (Å²) in [6.07, 6.45) is 0. The van der Waals surface area contributed by atoms with Crippen LogP contribution in [-0.2, 0) is 0 Å². The fraction of sp³-hybridized carbons (Fsp3) is 0.800. The lowest BCUT2D eigenvalue weighted by atomic mass is 10.2. The summed E-state index contributed by atoms with van der Waals surface area (Å²) in [5.74, 6) is 1.47. The summed E-state index contributed by atoms with van der Waals surface area (Å²) in [7, 11) is 0. The summed E-state index contributed by atoms with van der Waals surface area (Å²) >= 11 is 1.44. The molecule has 0 bridgehead atoms. The molecule has 0 unspecified atom stereocenters. The van der Waals surface area contributed by atoms with Gasteiger partial charge in [-0.05, 0) is 19.8 Å². The molecule has 5 heteroatoms. The summed E-state index contributed by atoms with van der Waals surface area (Å²) in [5, 5.41) is 4.21.